The lowest BCUT2D eigenvalue weighted by atomic mass is 9.70. The Morgan fingerprint density at radius 1 is 0.931 bits per heavy atom. The molecule has 1 fully saturated rings. The van der Waals surface area contributed by atoms with E-state index >= 15 is 0 Å². The Balaban J connectivity index is 2.07. The molecule has 1 aliphatic rings. The Morgan fingerprint density at radius 2 is 1.62 bits per heavy atom. The topological polar surface area (TPSA) is 78.9 Å². The first-order valence-electron chi connectivity index (χ1n) is 9.69. The Kier molecular flexibility index (Phi) is 6.20. The number of carbonyl (C=O) groups excluding carboxylic acids is 3. The molecule has 6 heteroatoms. The minimum Gasteiger partial charge on any atom is -0.496 e. The van der Waals surface area contributed by atoms with E-state index in [1.54, 1.807) is 13.2 Å². The van der Waals surface area contributed by atoms with Crippen molar-refractivity contribution in [3.63, 3.8) is 0 Å². The minimum absolute atomic E-state index is 0.0368. The van der Waals surface area contributed by atoms with Crippen LogP contribution in [0.4, 0.5) is 0 Å². The second-order valence-electron chi connectivity index (χ2n) is 7.43. The summed E-state index contributed by atoms with van der Waals surface area (Å²) in [4.78, 5) is 37.9. The van der Waals surface area contributed by atoms with E-state index in [-0.39, 0.29) is 17.5 Å². The van der Waals surface area contributed by atoms with Gasteiger partial charge < -0.3 is 14.2 Å². The standard InChI is InChI=1S/C23H26O6/c1-13(24)14-9-10-16(18(11-14)23(26)29-4)21(25)19-12-20(27-2)15-7-5-6-8-17(15)22(19)28-3/h5-8,12,14,16,18H,9-11H2,1-4H3. The van der Waals surface area contributed by atoms with E-state index in [0.29, 0.717) is 36.3 Å². The van der Waals surface area contributed by atoms with Crippen LogP contribution in [0.5, 0.6) is 11.5 Å². The van der Waals surface area contributed by atoms with Crippen LogP contribution in [0.1, 0.15) is 36.5 Å². The van der Waals surface area contributed by atoms with Crippen LogP contribution in [0.25, 0.3) is 10.8 Å². The van der Waals surface area contributed by atoms with Crippen LogP contribution in [-0.2, 0) is 14.3 Å². The van der Waals surface area contributed by atoms with Crippen molar-refractivity contribution < 1.29 is 28.6 Å². The maximum Gasteiger partial charge on any atom is 0.309 e. The van der Waals surface area contributed by atoms with Crippen molar-refractivity contribution in [3.8, 4) is 11.5 Å². The van der Waals surface area contributed by atoms with Gasteiger partial charge in [0, 0.05) is 22.6 Å². The van der Waals surface area contributed by atoms with Gasteiger partial charge in [0.05, 0.1) is 32.8 Å². The highest BCUT2D eigenvalue weighted by atomic mass is 16.5. The molecule has 0 N–H and O–H groups in total. The molecule has 0 aromatic heterocycles. The fraction of sp³-hybridized carbons (Fsp3) is 0.435. The zero-order valence-corrected chi connectivity index (χ0v) is 17.2. The van der Waals surface area contributed by atoms with E-state index in [9.17, 15) is 14.4 Å². The van der Waals surface area contributed by atoms with Gasteiger partial charge in [-0.05, 0) is 32.3 Å². The van der Waals surface area contributed by atoms with E-state index in [4.69, 9.17) is 14.2 Å². The van der Waals surface area contributed by atoms with Crippen LogP contribution in [0.2, 0.25) is 0 Å². The molecular weight excluding hydrogens is 372 g/mol. The van der Waals surface area contributed by atoms with Gasteiger partial charge >= 0.3 is 5.97 Å². The zero-order valence-electron chi connectivity index (χ0n) is 17.2. The molecule has 1 saturated carbocycles. The molecule has 154 valence electrons. The zero-order chi connectivity index (χ0) is 21.1. The minimum atomic E-state index is -0.655. The average molecular weight is 398 g/mol. The maximum atomic E-state index is 13.6. The molecule has 3 unspecified atom stereocenters. The van der Waals surface area contributed by atoms with Crippen LogP contribution >= 0.6 is 0 Å². The predicted molar refractivity (Wildman–Crippen MR) is 108 cm³/mol. The Hall–Kier alpha value is -2.89. The number of hydrogen-bond donors (Lipinski definition) is 0. The van der Waals surface area contributed by atoms with Gasteiger partial charge in [-0.3, -0.25) is 14.4 Å². The number of rotatable bonds is 6. The average Bonchev–Trinajstić information content (AvgIpc) is 2.76. The summed E-state index contributed by atoms with van der Waals surface area (Å²) < 4.78 is 16.1. The monoisotopic (exact) mass is 398 g/mol. The molecule has 3 atom stereocenters. The summed E-state index contributed by atoms with van der Waals surface area (Å²) in [5.74, 6) is -1.04. The lowest BCUT2D eigenvalue weighted by molar-refractivity contribution is -0.149. The Bertz CT molecular complexity index is 948. The van der Waals surface area contributed by atoms with Gasteiger partial charge in [-0.25, -0.2) is 0 Å². The normalized spacial score (nSPS) is 21.4. The van der Waals surface area contributed by atoms with Gasteiger partial charge in [0.15, 0.2) is 5.78 Å². The molecule has 1 aliphatic carbocycles. The predicted octanol–water partition coefficient (Wildman–Crippen LogP) is 3.83. The maximum absolute atomic E-state index is 13.6. The molecule has 0 bridgehead atoms. The molecule has 29 heavy (non-hydrogen) atoms. The van der Waals surface area contributed by atoms with E-state index < -0.39 is 17.8 Å². The summed E-state index contributed by atoms with van der Waals surface area (Å²) in [6.45, 7) is 1.53. The largest absolute Gasteiger partial charge is 0.496 e. The molecule has 0 spiro atoms. The summed E-state index contributed by atoms with van der Waals surface area (Å²) in [7, 11) is 4.38. The van der Waals surface area contributed by atoms with Gasteiger partial charge in [-0.2, -0.15) is 0 Å². The van der Waals surface area contributed by atoms with Crippen molar-refractivity contribution in [2.24, 2.45) is 17.8 Å². The van der Waals surface area contributed by atoms with Crippen molar-refractivity contribution in [3.05, 3.63) is 35.9 Å². The lowest BCUT2D eigenvalue weighted by Gasteiger charge is -2.33. The fourth-order valence-electron chi connectivity index (χ4n) is 4.35. The van der Waals surface area contributed by atoms with E-state index in [1.165, 1.54) is 21.1 Å². The van der Waals surface area contributed by atoms with Crippen LogP contribution in [0.3, 0.4) is 0 Å². The number of methoxy groups -OCH3 is 3. The molecule has 0 aliphatic heterocycles. The van der Waals surface area contributed by atoms with Crippen molar-refractivity contribution in [1.82, 2.24) is 0 Å². The first-order chi connectivity index (χ1) is 13.9. The van der Waals surface area contributed by atoms with Crippen LogP contribution in [-0.4, -0.2) is 38.9 Å². The number of ether oxygens (including phenoxy) is 3. The van der Waals surface area contributed by atoms with Crippen LogP contribution in [0.15, 0.2) is 30.3 Å². The molecule has 0 radical (unpaired) electrons. The second kappa shape index (κ2) is 8.64. The van der Waals surface area contributed by atoms with Crippen molar-refractivity contribution in [2.75, 3.05) is 21.3 Å². The third kappa shape index (κ3) is 3.84. The quantitative estimate of drug-likeness (QED) is 0.543. The van der Waals surface area contributed by atoms with Gasteiger partial charge in [0.25, 0.3) is 0 Å². The number of carbonyl (C=O) groups is 3. The summed E-state index contributed by atoms with van der Waals surface area (Å²) >= 11 is 0. The van der Waals surface area contributed by atoms with Gasteiger partial charge in [0.1, 0.15) is 17.3 Å². The number of esters is 1. The molecule has 6 nitrogen and oxygen atoms in total. The lowest BCUT2D eigenvalue weighted by Crippen LogP contribution is -2.38. The molecule has 2 aromatic rings. The highest BCUT2D eigenvalue weighted by Gasteiger charge is 2.42. The SMILES string of the molecule is COC(=O)C1CC(C(C)=O)CCC1C(=O)c1cc(OC)c2ccccc2c1OC. The number of benzene rings is 2. The number of fused-ring (bicyclic) bond motifs is 1. The van der Waals surface area contributed by atoms with Crippen LogP contribution < -0.4 is 9.47 Å². The molecule has 3 rings (SSSR count). The summed E-state index contributed by atoms with van der Waals surface area (Å²) in [6.07, 6.45) is 1.35. The number of ketones is 2. The second-order valence-corrected chi connectivity index (χ2v) is 7.43. The van der Waals surface area contributed by atoms with Gasteiger partial charge in [-0.15, -0.1) is 0 Å². The Morgan fingerprint density at radius 3 is 2.21 bits per heavy atom. The highest BCUT2D eigenvalue weighted by Crippen LogP contribution is 2.42. The summed E-state index contributed by atoms with van der Waals surface area (Å²) in [6, 6.07) is 9.21. The number of hydrogen-bond acceptors (Lipinski definition) is 6. The molecule has 0 amide bonds. The summed E-state index contributed by atoms with van der Waals surface area (Å²) in [5.41, 5.74) is 0.378. The third-order valence-corrected chi connectivity index (χ3v) is 5.91. The fourth-order valence-corrected chi connectivity index (χ4v) is 4.35. The summed E-state index contributed by atoms with van der Waals surface area (Å²) in [5, 5.41) is 1.61. The molecule has 2 aromatic carbocycles. The smallest absolute Gasteiger partial charge is 0.309 e. The van der Waals surface area contributed by atoms with Crippen molar-refractivity contribution >= 4 is 28.3 Å². The first-order valence-corrected chi connectivity index (χ1v) is 9.69. The molecule has 0 heterocycles. The van der Waals surface area contributed by atoms with E-state index in [0.717, 1.165) is 10.8 Å². The highest BCUT2D eigenvalue weighted by molar-refractivity contribution is 6.09. The first kappa shape index (κ1) is 20.8. The molecule has 0 saturated heterocycles. The molecular formula is C23H26O6. The van der Waals surface area contributed by atoms with Gasteiger partial charge in [0.2, 0.25) is 0 Å². The Labute approximate surface area is 170 Å². The van der Waals surface area contributed by atoms with E-state index in [2.05, 4.69) is 0 Å². The van der Waals surface area contributed by atoms with E-state index in [1.807, 2.05) is 24.3 Å². The third-order valence-electron chi connectivity index (χ3n) is 5.91. The van der Waals surface area contributed by atoms with Crippen molar-refractivity contribution in [2.45, 2.75) is 26.2 Å². The van der Waals surface area contributed by atoms with Crippen LogP contribution in [0, 0.1) is 17.8 Å². The van der Waals surface area contributed by atoms with Gasteiger partial charge in [-0.1, -0.05) is 24.3 Å². The number of Topliss-reactive ketones (excluding diaryl/α,β-unsaturated/α-hetero) is 2. The van der Waals surface area contributed by atoms with Crippen molar-refractivity contribution in [1.29, 1.82) is 0 Å².